The van der Waals surface area contributed by atoms with Gasteiger partial charge in [0, 0.05) is 30.1 Å². The van der Waals surface area contributed by atoms with Crippen LogP contribution in [0.3, 0.4) is 0 Å². The lowest BCUT2D eigenvalue weighted by Gasteiger charge is -2.33. The Morgan fingerprint density at radius 1 is 1.47 bits per heavy atom. The number of hydrogen-bond donors (Lipinski definition) is 1. The second-order valence-corrected chi connectivity index (χ2v) is 5.64. The van der Waals surface area contributed by atoms with Crippen molar-refractivity contribution in [1.82, 2.24) is 4.90 Å². The maximum atomic E-state index is 12.6. The third kappa shape index (κ3) is 3.19. The number of alkyl halides is 3. The zero-order chi connectivity index (χ0) is 14.0. The van der Waals surface area contributed by atoms with Gasteiger partial charge < -0.3 is 5.73 Å². The van der Waals surface area contributed by atoms with Gasteiger partial charge in [-0.2, -0.15) is 13.2 Å². The van der Waals surface area contributed by atoms with Gasteiger partial charge in [0.15, 0.2) is 0 Å². The van der Waals surface area contributed by atoms with Crippen molar-refractivity contribution in [3.63, 3.8) is 0 Å². The van der Waals surface area contributed by atoms with Crippen LogP contribution in [0.15, 0.2) is 23.1 Å². The van der Waals surface area contributed by atoms with Gasteiger partial charge in [-0.15, -0.1) is 11.3 Å². The molecule has 2 rings (SSSR count). The van der Waals surface area contributed by atoms with E-state index in [1.807, 2.05) is 23.3 Å². The van der Waals surface area contributed by atoms with Gasteiger partial charge in [-0.05, 0) is 30.4 Å². The van der Waals surface area contributed by atoms with Crippen molar-refractivity contribution in [2.45, 2.75) is 25.6 Å². The summed E-state index contributed by atoms with van der Waals surface area (Å²) in [6.45, 7) is 3.16. The summed E-state index contributed by atoms with van der Waals surface area (Å²) in [5, 5.41) is 1.99. The zero-order valence-electron chi connectivity index (χ0n) is 10.7. The van der Waals surface area contributed by atoms with Gasteiger partial charge in [-0.3, -0.25) is 4.90 Å². The Hall–Kier alpha value is -0.850. The lowest BCUT2D eigenvalue weighted by molar-refractivity contribution is -0.0963. The van der Waals surface area contributed by atoms with Crippen LogP contribution in [0.25, 0.3) is 0 Å². The molecule has 0 bridgehead atoms. The Kier molecular flexibility index (Phi) is 4.32. The number of thiophene rings is 1. The Morgan fingerprint density at radius 2 is 2.21 bits per heavy atom. The number of aryl methyl sites for hydroxylation is 1. The maximum absolute atomic E-state index is 12.6. The molecule has 0 amide bonds. The molecule has 1 unspecified atom stereocenters. The van der Waals surface area contributed by atoms with Crippen LogP contribution >= 0.6 is 11.3 Å². The summed E-state index contributed by atoms with van der Waals surface area (Å²) in [5.41, 5.74) is 6.55. The van der Waals surface area contributed by atoms with E-state index < -0.39 is 11.7 Å². The molecule has 1 atom stereocenters. The van der Waals surface area contributed by atoms with E-state index in [4.69, 9.17) is 5.73 Å². The highest BCUT2D eigenvalue weighted by atomic mass is 32.1. The van der Waals surface area contributed by atoms with Crippen LogP contribution in [0.2, 0.25) is 0 Å². The molecule has 19 heavy (non-hydrogen) atoms. The fourth-order valence-electron chi connectivity index (χ4n) is 2.37. The second kappa shape index (κ2) is 5.64. The molecule has 1 aliphatic rings. The maximum Gasteiger partial charge on any atom is 0.412 e. The third-order valence-electron chi connectivity index (χ3n) is 3.47. The smallest absolute Gasteiger partial charge is 0.329 e. The predicted octanol–water partition coefficient (Wildman–Crippen LogP) is 3.25. The fourth-order valence-corrected chi connectivity index (χ4v) is 3.45. The summed E-state index contributed by atoms with van der Waals surface area (Å²) < 4.78 is 37.7. The van der Waals surface area contributed by atoms with E-state index in [-0.39, 0.29) is 12.5 Å². The van der Waals surface area contributed by atoms with E-state index in [1.54, 1.807) is 11.3 Å². The van der Waals surface area contributed by atoms with E-state index in [9.17, 15) is 13.2 Å². The molecule has 1 aromatic rings. The summed E-state index contributed by atoms with van der Waals surface area (Å²) in [7, 11) is 0. The molecule has 0 radical (unpaired) electrons. The summed E-state index contributed by atoms with van der Waals surface area (Å²) in [4.78, 5) is 3.18. The molecule has 0 fully saturated rings. The minimum absolute atomic E-state index is 0.0195. The van der Waals surface area contributed by atoms with E-state index in [2.05, 4.69) is 0 Å². The lowest BCUT2D eigenvalue weighted by atomic mass is 10.0. The first-order valence-electron chi connectivity index (χ1n) is 6.18. The fraction of sp³-hybridized carbons (Fsp3) is 0.538. The summed E-state index contributed by atoms with van der Waals surface area (Å²) in [6, 6.07) is 2.04. The average Bonchev–Trinajstić information content (AvgIpc) is 2.76. The zero-order valence-corrected chi connectivity index (χ0v) is 11.5. The average molecular weight is 290 g/mol. The van der Waals surface area contributed by atoms with Crippen LogP contribution < -0.4 is 5.73 Å². The molecule has 106 valence electrons. The van der Waals surface area contributed by atoms with E-state index in [1.165, 1.54) is 6.08 Å². The number of rotatable bonds is 3. The monoisotopic (exact) mass is 290 g/mol. The predicted molar refractivity (Wildman–Crippen MR) is 71.2 cm³/mol. The molecule has 1 aromatic heterocycles. The van der Waals surface area contributed by atoms with Gasteiger partial charge in [0.2, 0.25) is 0 Å². The largest absolute Gasteiger partial charge is 0.412 e. The van der Waals surface area contributed by atoms with Gasteiger partial charge in [0.05, 0.1) is 6.04 Å². The first kappa shape index (κ1) is 14.6. The molecule has 0 saturated carbocycles. The Bertz CT molecular complexity index is 465. The normalized spacial score (nSPS) is 19.3. The standard InChI is InChI=1S/C13H17F3N2S/c1-9-4-7-19-12(9)11(8-17)18-5-2-10(3-6-18)13(14,15)16/h2,4,7,11H,3,5-6,8,17H2,1H3. The second-order valence-electron chi connectivity index (χ2n) is 4.69. The minimum Gasteiger partial charge on any atom is -0.329 e. The molecular formula is C13H17F3N2S. The molecule has 2 nitrogen and oxygen atoms in total. The summed E-state index contributed by atoms with van der Waals surface area (Å²) >= 11 is 1.62. The Morgan fingerprint density at radius 3 is 2.63 bits per heavy atom. The van der Waals surface area contributed by atoms with E-state index in [0.29, 0.717) is 19.6 Å². The first-order chi connectivity index (χ1) is 8.93. The molecule has 0 aliphatic carbocycles. The number of hydrogen-bond acceptors (Lipinski definition) is 3. The van der Waals surface area contributed by atoms with Crippen molar-refractivity contribution < 1.29 is 13.2 Å². The number of halogens is 3. The van der Waals surface area contributed by atoms with Gasteiger partial charge >= 0.3 is 6.18 Å². The van der Waals surface area contributed by atoms with Crippen LogP contribution in [-0.2, 0) is 0 Å². The third-order valence-corrected chi connectivity index (χ3v) is 4.59. The van der Waals surface area contributed by atoms with Gasteiger partial charge in [-0.1, -0.05) is 6.08 Å². The summed E-state index contributed by atoms with van der Waals surface area (Å²) in [6.07, 6.45) is -2.86. The SMILES string of the molecule is Cc1ccsc1C(CN)N1CC=C(C(F)(F)F)CC1. The highest BCUT2D eigenvalue weighted by Gasteiger charge is 2.36. The van der Waals surface area contributed by atoms with Crippen LogP contribution in [0, 0.1) is 6.92 Å². The van der Waals surface area contributed by atoms with Crippen molar-refractivity contribution in [3.05, 3.63) is 33.5 Å². The quantitative estimate of drug-likeness (QED) is 0.866. The first-order valence-corrected chi connectivity index (χ1v) is 7.05. The van der Waals surface area contributed by atoms with Crippen molar-refractivity contribution >= 4 is 11.3 Å². The van der Waals surface area contributed by atoms with Crippen LogP contribution in [0.5, 0.6) is 0 Å². The van der Waals surface area contributed by atoms with Crippen LogP contribution in [-0.4, -0.2) is 30.7 Å². The van der Waals surface area contributed by atoms with Crippen molar-refractivity contribution in [1.29, 1.82) is 0 Å². The van der Waals surface area contributed by atoms with Crippen LogP contribution in [0.4, 0.5) is 13.2 Å². The molecule has 2 N–H and O–H groups in total. The van der Waals surface area contributed by atoms with Gasteiger partial charge in [-0.25, -0.2) is 0 Å². The van der Waals surface area contributed by atoms with E-state index >= 15 is 0 Å². The molecule has 1 aliphatic heterocycles. The Balaban J connectivity index is 2.12. The molecule has 2 heterocycles. The van der Waals surface area contributed by atoms with Gasteiger partial charge in [0.1, 0.15) is 0 Å². The minimum atomic E-state index is -4.19. The summed E-state index contributed by atoms with van der Waals surface area (Å²) in [5.74, 6) is 0. The van der Waals surface area contributed by atoms with Crippen LogP contribution in [0.1, 0.15) is 22.9 Å². The van der Waals surface area contributed by atoms with Gasteiger partial charge in [0.25, 0.3) is 0 Å². The highest BCUT2D eigenvalue weighted by Crippen LogP contribution is 2.34. The molecule has 6 heteroatoms. The van der Waals surface area contributed by atoms with Crippen molar-refractivity contribution in [2.75, 3.05) is 19.6 Å². The molecule has 0 saturated heterocycles. The number of nitrogens with zero attached hydrogens (tertiary/aromatic N) is 1. The lowest BCUT2D eigenvalue weighted by Crippen LogP contribution is -2.38. The molecule has 0 spiro atoms. The van der Waals surface area contributed by atoms with E-state index in [0.717, 1.165) is 10.4 Å². The number of nitrogens with two attached hydrogens (primary N) is 1. The molecule has 0 aromatic carbocycles. The van der Waals surface area contributed by atoms with Crippen molar-refractivity contribution in [2.24, 2.45) is 5.73 Å². The van der Waals surface area contributed by atoms with Crippen molar-refractivity contribution in [3.8, 4) is 0 Å². The highest BCUT2D eigenvalue weighted by molar-refractivity contribution is 7.10. The molecular weight excluding hydrogens is 273 g/mol. The topological polar surface area (TPSA) is 29.3 Å². The Labute approximate surface area is 114 Å².